The van der Waals surface area contributed by atoms with E-state index in [2.05, 4.69) is 0 Å². The summed E-state index contributed by atoms with van der Waals surface area (Å²) >= 11 is 25.1. The summed E-state index contributed by atoms with van der Waals surface area (Å²) in [4.78, 5) is 22.4. The van der Waals surface area contributed by atoms with E-state index >= 15 is 0 Å². The quantitative estimate of drug-likeness (QED) is 0.168. The molecule has 0 saturated carbocycles. The summed E-state index contributed by atoms with van der Waals surface area (Å²) in [5.41, 5.74) is 2.05. The Morgan fingerprint density at radius 3 is 1.32 bits per heavy atom. The van der Waals surface area contributed by atoms with Crippen molar-refractivity contribution in [2.45, 2.75) is 13.8 Å². The van der Waals surface area contributed by atoms with Crippen molar-refractivity contribution < 1.29 is 14.6 Å². The highest BCUT2D eigenvalue weighted by molar-refractivity contribution is 6.37. The van der Waals surface area contributed by atoms with E-state index in [1.54, 1.807) is 38.1 Å². The molecule has 7 nitrogen and oxygen atoms in total. The Bertz CT molecular complexity index is 1470. The summed E-state index contributed by atoms with van der Waals surface area (Å²) in [6.07, 6.45) is 0. The van der Waals surface area contributed by atoms with Crippen LogP contribution >= 0.6 is 46.4 Å². The molecule has 0 spiro atoms. The molecule has 188 valence electrons. The molecule has 0 atom stereocenters. The Hall–Kier alpha value is -3.36. The second kappa shape index (κ2) is 10.6. The van der Waals surface area contributed by atoms with Crippen molar-refractivity contribution in [2.24, 2.45) is 0 Å². The van der Waals surface area contributed by atoms with Gasteiger partial charge in [-0.25, -0.2) is 0 Å². The minimum atomic E-state index is -0.499. The first-order valence-corrected chi connectivity index (χ1v) is 12.2. The SMILES string of the molecule is Cc1c([N+](=O)[O-])ccc(Oc2ccc([N+](=O)[O-])c(C)c2-c2ccc(Cl)cc2Cl)c1-c1ccc(Cl)cc1Cl. The summed E-state index contributed by atoms with van der Waals surface area (Å²) in [6, 6.07) is 15.1. The summed E-state index contributed by atoms with van der Waals surface area (Å²) < 4.78 is 6.32. The Morgan fingerprint density at radius 1 is 0.622 bits per heavy atom. The molecule has 0 aliphatic rings. The first-order chi connectivity index (χ1) is 17.5. The molecule has 0 radical (unpaired) electrons. The van der Waals surface area contributed by atoms with Crippen molar-refractivity contribution in [3.63, 3.8) is 0 Å². The lowest BCUT2D eigenvalue weighted by molar-refractivity contribution is -0.385. The smallest absolute Gasteiger partial charge is 0.273 e. The predicted octanol–water partition coefficient (Wildman–Crippen LogP) is 9.86. The van der Waals surface area contributed by atoms with Crippen molar-refractivity contribution in [2.75, 3.05) is 0 Å². The second-order valence-electron chi connectivity index (χ2n) is 8.03. The maximum absolute atomic E-state index is 11.7. The molecule has 0 unspecified atom stereocenters. The zero-order chi connectivity index (χ0) is 27.0. The number of halogens is 4. The van der Waals surface area contributed by atoms with E-state index in [-0.39, 0.29) is 32.9 Å². The van der Waals surface area contributed by atoms with Crippen LogP contribution in [0.25, 0.3) is 22.3 Å². The Labute approximate surface area is 231 Å². The number of ether oxygens (including phenoxy) is 1. The van der Waals surface area contributed by atoms with Crippen LogP contribution in [0.5, 0.6) is 11.5 Å². The van der Waals surface area contributed by atoms with Gasteiger partial charge in [0, 0.05) is 55.6 Å². The Balaban J connectivity index is 1.99. The number of rotatable bonds is 6. The molecule has 37 heavy (non-hydrogen) atoms. The molecule has 0 aliphatic heterocycles. The van der Waals surface area contributed by atoms with Crippen molar-refractivity contribution in [1.29, 1.82) is 0 Å². The van der Waals surface area contributed by atoms with Crippen molar-refractivity contribution >= 4 is 57.8 Å². The third-order valence-corrected chi connectivity index (χ3v) is 6.91. The lowest BCUT2D eigenvalue weighted by atomic mass is 9.96. The monoisotopic (exact) mass is 576 g/mol. The fourth-order valence-electron chi connectivity index (χ4n) is 4.09. The number of benzene rings is 4. The second-order valence-corrected chi connectivity index (χ2v) is 9.72. The largest absolute Gasteiger partial charge is 0.456 e. The molecule has 0 heterocycles. The number of nitro benzene ring substituents is 2. The summed E-state index contributed by atoms with van der Waals surface area (Å²) in [6.45, 7) is 3.17. The molecule has 0 saturated heterocycles. The molecule has 0 N–H and O–H groups in total. The molecule has 11 heteroatoms. The van der Waals surface area contributed by atoms with Crippen LogP contribution in [0.15, 0.2) is 60.7 Å². The van der Waals surface area contributed by atoms with E-state index in [1.165, 1.54) is 36.4 Å². The van der Waals surface area contributed by atoms with Crippen molar-refractivity contribution in [3.05, 3.63) is 112 Å². The maximum Gasteiger partial charge on any atom is 0.273 e. The van der Waals surface area contributed by atoms with E-state index in [0.717, 1.165) is 0 Å². The molecule has 4 aromatic carbocycles. The van der Waals surface area contributed by atoms with Gasteiger partial charge in [0.2, 0.25) is 0 Å². The van der Waals surface area contributed by atoms with Crippen LogP contribution in [0, 0.1) is 34.1 Å². The lowest BCUT2D eigenvalue weighted by Crippen LogP contribution is -2.00. The lowest BCUT2D eigenvalue weighted by Gasteiger charge is -2.19. The zero-order valence-corrected chi connectivity index (χ0v) is 22.2. The highest BCUT2D eigenvalue weighted by Gasteiger charge is 2.25. The minimum Gasteiger partial charge on any atom is -0.456 e. The van der Waals surface area contributed by atoms with E-state index < -0.39 is 9.85 Å². The van der Waals surface area contributed by atoms with Crippen molar-refractivity contribution in [1.82, 2.24) is 0 Å². The van der Waals surface area contributed by atoms with E-state index in [9.17, 15) is 20.2 Å². The van der Waals surface area contributed by atoms with Crippen LogP contribution in [0.3, 0.4) is 0 Å². The normalized spacial score (nSPS) is 10.9. The van der Waals surface area contributed by atoms with Crippen molar-refractivity contribution in [3.8, 4) is 33.8 Å². The van der Waals surface area contributed by atoms with Gasteiger partial charge in [0.15, 0.2) is 0 Å². The summed E-state index contributed by atoms with van der Waals surface area (Å²) in [5.74, 6) is 0.485. The van der Waals surface area contributed by atoms with Gasteiger partial charge < -0.3 is 4.74 Å². The average molecular weight is 578 g/mol. The third-order valence-electron chi connectivity index (χ3n) is 5.81. The minimum absolute atomic E-state index is 0.130. The molecule has 0 bridgehead atoms. The molecule has 0 aliphatic carbocycles. The fraction of sp³-hybridized carbons (Fsp3) is 0.0769. The average Bonchev–Trinajstić information content (AvgIpc) is 2.80. The van der Waals surface area contributed by atoms with Gasteiger partial charge in [0.25, 0.3) is 11.4 Å². The number of nitrogens with zero attached hydrogens (tertiary/aromatic N) is 2. The predicted molar refractivity (Wildman–Crippen MR) is 147 cm³/mol. The zero-order valence-electron chi connectivity index (χ0n) is 19.2. The van der Waals surface area contributed by atoms with Gasteiger partial charge in [-0.15, -0.1) is 0 Å². The van der Waals surface area contributed by atoms with Crippen LogP contribution in [-0.2, 0) is 0 Å². The van der Waals surface area contributed by atoms with Gasteiger partial charge in [0.05, 0.1) is 19.9 Å². The highest BCUT2D eigenvalue weighted by Crippen LogP contribution is 2.47. The maximum atomic E-state index is 11.7. The highest BCUT2D eigenvalue weighted by atomic mass is 35.5. The van der Waals surface area contributed by atoms with Gasteiger partial charge >= 0.3 is 0 Å². The Morgan fingerprint density at radius 2 is 1.00 bits per heavy atom. The van der Waals surface area contributed by atoms with Crippen LogP contribution in [-0.4, -0.2) is 9.85 Å². The Kier molecular flexibility index (Phi) is 7.62. The number of hydrogen-bond donors (Lipinski definition) is 0. The molecule has 0 fully saturated rings. The fourth-order valence-corrected chi connectivity index (χ4v) is 5.10. The molecule has 4 rings (SSSR count). The van der Waals surface area contributed by atoms with Crippen LogP contribution in [0.2, 0.25) is 20.1 Å². The van der Waals surface area contributed by atoms with Crippen LogP contribution in [0.4, 0.5) is 11.4 Å². The van der Waals surface area contributed by atoms with Gasteiger partial charge in [0.1, 0.15) is 11.5 Å². The summed E-state index contributed by atoms with van der Waals surface area (Å²) in [5, 5.41) is 24.7. The molecule has 0 aromatic heterocycles. The molecular formula is C26H16Cl4N2O5. The van der Waals surface area contributed by atoms with Crippen LogP contribution < -0.4 is 4.74 Å². The van der Waals surface area contributed by atoms with E-state index in [0.29, 0.717) is 43.4 Å². The van der Waals surface area contributed by atoms with E-state index in [1.807, 2.05) is 0 Å². The number of hydrogen-bond acceptors (Lipinski definition) is 5. The molecule has 0 amide bonds. The first-order valence-electron chi connectivity index (χ1n) is 10.6. The van der Waals surface area contributed by atoms with Gasteiger partial charge in [-0.1, -0.05) is 58.5 Å². The van der Waals surface area contributed by atoms with Crippen LogP contribution in [0.1, 0.15) is 11.1 Å². The topological polar surface area (TPSA) is 95.5 Å². The van der Waals surface area contributed by atoms with Gasteiger partial charge in [-0.3, -0.25) is 20.2 Å². The molecular weight excluding hydrogens is 562 g/mol. The molecule has 4 aromatic rings. The summed E-state index contributed by atoms with van der Waals surface area (Å²) in [7, 11) is 0. The first kappa shape index (κ1) is 26.7. The number of nitro groups is 2. The van der Waals surface area contributed by atoms with Gasteiger partial charge in [-0.2, -0.15) is 0 Å². The standard InChI is InChI=1S/C26H16Cl4N2O5/c1-13-21(31(33)34)7-9-23(25(13)17-5-3-15(27)11-19(17)29)37-24-10-8-22(32(35)36)14(2)26(24)18-6-4-16(28)12-20(18)30/h3-12H,1-2H3. The van der Waals surface area contributed by atoms with Gasteiger partial charge in [-0.05, 0) is 50.2 Å². The van der Waals surface area contributed by atoms with E-state index in [4.69, 9.17) is 51.1 Å². The third kappa shape index (κ3) is 5.22.